The molecule has 0 fully saturated rings. The highest BCUT2D eigenvalue weighted by Crippen LogP contribution is 2.25. The zero-order valence-corrected chi connectivity index (χ0v) is 10.9. The second kappa shape index (κ2) is 5.33. The van der Waals surface area contributed by atoms with Crippen molar-refractivity contribution in [2.45, 2.75) is 13.0 Å². The van der Waals surface area contributed by atoms with Crippen LogP contribution in [0, 0.1) is 5.82 Å². The molecule has 0 saturated heterocycles. The van der Waals surface area contributed by atoms with Crippen LogP contribution in [-0.4, -0.2) is 12.5 Å². The first-order chi connectivity index (χ1) is 9.72. The molecule has 1 aliphatic rings. The van der Waals surface area contributed by atoms with Crippen LogP contribution in [0.4, 0.5) is 4.39 Å². The van der Waals surface area contributed by atoms with Crippen LogP contribution < -0.4 is 10.1 Å². The molecule has 2 aromatic rings. The lowest BCUT2D eigenvalue weighted by Crippen LogP contribution is -2.22. The fourth-order valence-electron chi connectivity index (χ4n) is 2.26. The highest BCUT2D eigenvalue weighted by molar-refractivity contribution is 5.94. The second-order valence-electron chi connectivity index (χ2n) is 4.73. The number of halogens is 1. The summed E-state index contributed by atoms with van der Waals surface area (Å²) < 4.78 is 18.5. The van der Waals surface area contributed by atoms with E-state index in [4.69, 9.17) is 4.74 Å². The summed E-state index contributed by atoms with van der Waals surface area (Å²) in [6, 6.07) is 11.5. The summed E-state index contributed by atoms with van der Waals surface area (Å²) in [5.74, 6) is 0.235. The van der Waals surface area contributed by atoms with Crippen molar-refractivity contribution in [3.63, 3.8) is 0 Å². The first kappa shape index (κ1) is 12.7. The Balaban J connectivity index is 1.66. The van der Waals surface area contributed by atoms with Crippen LogP contribution in [0.3, 0.4) is 0 Å². The van der Waals surface area contributed by atoms with Gasteiger partial charge in [-0.1, -0.05) is 18.2 Å². The van der Waals surface area contributed by atoms with Crippen LogP contribution in [0.1, 0.15) is 21.5 Å². The highest BCUT2D eigenvalue weighted by atomic mass is 19.1. The smallest absolute Gasteiger partial charge is 0.251 e. The molecular weight excluding hydrogens is 257 g/mol. The van der Waals surface area contributed by atoms with Crippen LogP contribution in [0.15, 0.2) is 42.5 Å². The fourth-order valence-corrected chi connectivity index (χ4v) is 2.26. The van der Waals surface area contributed by atoms with E-state index < -0.39 is 5.82 Å². The maximum Gasteiger partial charge on any atom is 0.251 e. The van der Waals surface area contributed by atoms with Gasteiger partial charge in [0.25, 0.3) is 5.91 Å². The lowest BCUT2D eigenvalue weighted by atomic mass is 10.1. The summed E-state index contributed by atoms with van der Waals surface area (Å²) >= 11 is 0. The fraction of sp³-hybridized carbons (Fsp3) is 0.188. The minimum Gasteiger partial charge on any atom is -0.493 e. The number of amides is 1. The standard InChI is InChI=1S/C16H14FNO2/c17-14-3-1-2-13(9-14)16(19)18-10-11-4-5-15-12(8-11)6-7-20-15/h1-5,8-9H,6-7,10H2,(H,18,19). The van der Waals surface area contributed by atoms with Crippen LogP contribution in [0.5, 0.6) is 5.75 Å². The summed E-state index contributed by atoms with van der Waals surface area (Å²) in [4.78, 5) is 11.9. The Hall–Kier alpha value is -2.36. The third-order valence-corrected chi connectivity index (χ3v) is 3.29. The Kier molecular flexibility index (Phi) is 3.37. The molecule has 1 heterocycles. The third kappa shape index (κ3) is 2.64. The molecule has 0 saturated carbocycles. The van der Waals surface area contributed by atoms with Gasteiger partial charge in [-0.3, -0.25) is 4.79 Å². The Bertz CT molecular complexity index is 655. The predicted molar refractivity (Wildman–Crippen MR) is 73.2 cm³/mol. The lowest BCUT2D eigenvalue weighted by molar-refractivity contribution is 0.0950. The number of hydrogen-bond donors (Lipinski definition) is 1. The molecule has 0 radical (unpaired) electrons. The van der Waals surface area contributed by atoms with Crippen molar-refractivity contribution >= 4 is 5.91 Å². The van der Waals surface area contributed by atoms with E-state index in [1.807, 2.05) is 18.2 Å². The van der Waals surface area contributed by atoms with Gasteiger partial charge in [0.2, 0.25) is 0 Å². The number of fused-ring (bicyclic) bond motifs is 1. The van der Waals surface area contributed by atoms with E-state index in [2.05, 4.69) is 5.32 Å². The van der Waals surface area contributed by atoms with Crippen molar-refractivity contribution in [2.75, 3.05) is 6.61 Å². The molecule has 1 N–H and O–H groups in total. The number of carbonyl (C=O) groups excluding carboxylic acids is 1. The summed E-state index contributed by atoms with van der Waals surface area (Å²) in [6.07, 6.45) is 0.904. The van der Waals surface area contributed by atoms with Gasteiger partial charge in [-0.15, -0.1) is 0 Å². The maximum atomic E-state index is 13.0. The summed E-state index contributed by atoms with van der Waals surface area (Å²) in [6.45, 7) is 1.14. The van der Waals surface area contributed by atoms with Crippen molar-refractivity contribution < 1.29 is 13.9 Å². The number of nitrogens with one attached hydrogen (secondary N) is 1. The zero-order valence-electron chi connectivity index (χ0n) is 10.9. The monoisotopic (exact) mass is 271 g/mol. The van der Waals surface area contributed by atoms with Gasteiger partial charge < -0.3 is 10.1 Å². The SMILES string of the molecule is O=C(NCc1ccc2c(c1)CCO2)c1cccc(F)c1. The van der Waals surface area contributed by atoms with E-state index in [0.29, 0.717) is 18.7 Å². The largest absolute Gasteiger partial charge is 0.493 e. The normalized spacial score (nSPS) is 12.7. The second-order valence-corrected chi connectivity index (χ2v) is 4.73. The average Bonchev–Trinajstić information content (AvgIpc) is 2.92. The van der Waals surface area contributed by atoms with Gasteiger partial charge >= 0.3 is 0 Å². The topological polar surface area (TPSA) is 38.3 Å². The number of carbonyl (C=O) groups is 1. The average molecular weight is 271 g/mol. The van der Waals surface area contributed by atoms with Gasteiger partial charge in [-0.25, -0.2) is 4.39 Å². The minimum absolute atomic E-state index is 0.277. The molecule has 0 atom stereocenters. The third-order valence-electron chi connectivity index (χ3n) is 3.29. The molecule has 1 amide bonds. The molecule has 0 aromatic heterocycles. The molecule has 20 heavy (non-hydrogen) atoms. The van der Waals surface area contributed by atoms with Crippen molar-refractivity contribution in [1.82, 2.24) is 5.32 Å². The Labute approximate surface area is 116 Å². The molecule has 1 aliphatic heterocycles. The Morgan fingerprint density at radius 2 is 2.15 bits per heavy atom. The summed E-state index contributed by atoms with van der Waals surface area (Å²) in [7, 11) is 0. The predicted octanol–water partition coefficient (Wildman–Crippen LogP) is 2.69. The molecule has 0 bridgehead atoms. The van der Waals surface area contributed by atoms with E-state index in [-0.39, 0.29) is 5.91 Å². The quantitative estimate of drug-likeness (QED) is 0.932. The van der Waals surface area contributed by atoms with E-state index >= 15 is 0 Å². The first-order valence-corrected chi connectivity index (χ1v) is 6.51. The van der Waals surface area contributed by atoms with Crippen LogP contribution in [0.2, 0.25) is 0 Å². The van der Waals surface area contributed by atoms with Gasteiger partial charge in [0.1, 0.15) is 11.6 Å². The molecule has 0 spiro atoms. The van der Waals surface area contributed by atoms with E-state index in [0.717, 1.165) is 17.7 Å². The van der Waals surface area contributed by atoms with Gasteiger partial charge in [0.15, 0.2) is 0 Å². The number of benzene rings is 2. The van der Waals surface area contributed by atoms with Crippen molar-refractivity contribution in [3.8, 4) is 5.75 Å². The van der Waals surface area contributed by atoms with Gasteiger partial charge in [0, 0.05) is 18.5 Å². The van der Waals surface area contributed by atoms with E-state index in [1.54, 1.807) is 6.07 Å². The van der Waals surface area contributed by atoms with Gasteiger partial charge in [-0.05, 0) is 35.4 Å². The number of rotatable bonds is 3. The van der Waals surface area contributed by atoms with Gasteiger partial charge in [0.05, 0.1) is 6.61 Å². The molecule has 0 aliphatic carbocycles. The van der Waals surface area contributed by atoms with E-state index in [1.165, 1.54) is 23.8 Å². The first-order valence-electron chi connectivity index (χ1n) is 6.51. The molecular formula is C16H14FNO2. The Morgan fingerprint density at radius 3 is 3.00 bits per heavy atom. The molecule has 4 heteroatoms. The maximum absolute atomic E-state index is 13.0. The van der Waals surface area contributed by atoms with Crippen molar-refractivity contribution in [2.24, 2.45) is 0 Å². The molecule has 3 rings (SSSR count). The summed E-state index contributed by atoms with van der Waals surface area (Å²) in [5, 5.41) is 2.79. The zero-order chi connectivity index (χ0) is 13.9. The van der Waals surface area contributed by atoms with Crippen LogP contribution >= 0.6 is 0 Å². The lowest BCUT2D eigenvalue weighted by Gasteiger charge is -2.07. The van der Waals surface area contributed by atoms with Gasteiger partial charge in [-0.2, -0.15) is 0 Å². The van der Waals surface area contributed by atoms with Crippen molar-refractivity contribution in [3.05, 3.63) is 65.0 Å². The van der Waals surface area contributed by atoms with Crippen LogP contribution in [-0.2, 0) is 13.0 Å². The minimum atomic E-state index is -0.410. The molecule has 2 aromatic carbocycles. The highest BCUT2D eigenvalue weighted by Gasteiger charge is 2.12. The molecule has 102 valence electrons. The molecule has 0 unspecified atom stereocenters. The number of ether oxygens (including phenoxy) is 1. The Morgan fingerprint density at radius 1 is 1.25 bits per heavy atom. The van der Waals surface area contributed by atoms with Crippen molar-refractivity contribution in [1.29, 1.82) is 0 Å². The molecule has 3 nitrogen and oxygen atoms in total. The van der Waals surface area contributed by atoms with E-state index in [9.17, 15) is 9.18 Å². The van der Waals surface area contributed by atoms with Crippen LogP contribution in [0.25, 0.3) is 0 Å². The summed E-state index contributed by atoms with van der Waals surface area (Å²) in [5.41, 5.74) is 2.51. The number of hydrogen-bond acceptors (Lipinski definition) is 2.